The molecule has 0 aliphatic carbocycles. The molecule has 0 atom stereocenters. The minimum atomic E-state index is -0.200. The number of halogens is 1. The predicted octanol–water partition coefficient (Wildman–Crippen LogP) is 3.76. The lowest BCUT2D eigenvalue weighted by Crippen LogP contribution is -2.05. The summed E-state index contributed by atoms with van der Waals surface area (Å²) in [5, 5.41) is 3.99. The van der Waals surface area contributed by atoms with E-state index in [1.807, 2.05) is 49.5 Å². The van der Waals surface area contributed by atoms with Gasteiger partial charge in [-0.05, 0) is 36.4 Å². The molecule has 3 aromatic rings. The second-order valence-electron chi connectivity index (χ2n) is 4.72. The number of hydrogen-bond donors (Lipinski definition) is 1. The van der Waals surface area contributed by atoms with E-state index in [1.54, 1.807) is 12.3 Å². The van der Waals surface area contributed by atoms with Gasteiger partial charge in [0, 0.05) is 23.7 Å². The minimum absolute atomic E-state index is 0.200. The Kier molecular flexibility index (Phi) is 3.44. The fourth-order valence-corrected chi connectivity index (χ4v) is 2.43. The molecule has 0 spiro atoms. The third kappa shape index (κ3) is 2.28. The Morgan fingerprint density at radius 1 is 1.05 bits per heavy atom. The molecule has 0 amide bonds. The topological polar surface area (TPSA) is 24.9 Å². The van der Waals surface area contributed by atoms with Gasteiger partial charge >= 0.3 is 0 Å². The predicted molar refractivity (Wildman–Crippen MR) is 79.9 cm³/mol. The third-order valence-corrected chi connectivity index (χ3v) is 3.35. The Balaban J connectivity index is 2.16. The normalized spacial score (nSPS) is 10.9. The van der Waals surface area contributed by atoms with E-state index in [1.165, 1.54) is 0 Å². The van der Waals surface area contributed by atoms with Crippen LogP contribution < -0.4 is 5.32 Å². The van der Waals surface area contributed by atoms with Crippen molar-refractivity contribution in [2.45, 2.75) is 6.54 Å². The molecule has 3 rings (SSSR count). The van der Waals surface area contributed by atoms with Crippen molar-refractivity contribution < 1.29 is 4.39 Å². The van der Waals surface area contributed by atoms with Gasteiger partial charge in [-0.15, -0.1) is 0 Å². The zero-order chi connectivity index (χ0) is 13.9. The maximum absolute atomic E-state index is 14.3. The molecule has 1 N–H and O–H groups in total. The van der Waals surface area contributed by atoms with Crippen LogP contribution in [0.1, 0.15) is 5.56 Å². The van der Waals surface area contributed by atoms with Crippen molar-refractivity contribution in [1.82, 2.24) is 10.3 Å². The lowest BCUT2D eigenvalue weighted by molar-refractivity contribution is 0.627. The minimum Gasteiger partial charge on any atom is -0.316 e. The summed E-state index contributed by atoms with van der Waals surface area (Å²) in [6.07, 6.45) is 1.75. The Labute approximate surface area is 117 Å². The Bertz CT molecular complexity index is 748. The summed E-state index contributed by atoms with van der Waals surface area (Å²) in [7, 11) is 1.85. The van der Waals surface area contributed by atoms with E-state index >= 15 is 0 Å². The van der Waals surface area contributed by atoms with E-state index in [2.05, 4.69) is 10.3 Å². The number of pyridine rings is 1. The Morgan fingerprint density at radius 3 is 2.75 bits per heavy atom. The summed E-state index contributed by atoms with van der Waals surface area (Å²) in [4.78, 5) is 4.31. The van der Waals surface area contributed by atoms with E-state index in [0.717, 1.165) is 22.0 Å². The molecule has 0 aliphatic heterocycles. The highest BCUT2D eigenvalue weighted by Crippen LogP contribution is 2.29. The summed E-state index contributed by atoms with van der Waals surface area (Å²) in [5.41, 5.74) is 3.31. The highest BCUT2D eigenvalue weighted by molar-refractivity contribution is 5.94. The van der Waals surface area contributed by atoms with Gasteiger partial charge in [0.05, 0.1) is 5.52 Å². The van der Waals surface area contributed by atoms with Crippen LogP contribution in [0.5, 0.6) is 0 Å². The first-order valence-corrected chi connectivity index (χ1v) is 6.57. The van der Waals surface area contributed by atoms with Gasteiger partial charge in [-0.3, -0.25) is 4.98 Å². The molecular weight excluding hydrogens is 251 g/mol. The molecule has 0 fully saturated rings. The van der Waals surface area contributed by atoms with E-state index in [4.69, 9.17) is 0 Å². The van der Waals surface area contributed by atoms with E-state index in [9.17, 15) is 4.39 Å². The number of nitrogens with zero attached hydrogens (tertiary/aromatic N) is 1. The molecule has 0 radical (unpaired) electrons. The van der Waals surface area contributed by atoms with Crippen LogP contribution in [0, 0.1) is 5.82 Å². The van der Waals surface area contributed by atoms with Crippen molar-refractivity contribution in [3.05, 3.63) is 66.1 Å². The first-order chi connectivity index (χ1) is 9.79. The fourth-order valence-electron chi connectivity index (χ4n) is 2.43. The third-order valence-electron chi connectivity index (χ3n) is 3.35. The summed E-state index contributed by atoms with van der Waals surface area (Å²) >= 11 is 0. The molecule has 0 aliphatic rings. The molecule has 2 nitrogen and oxygen atoms in total. The van der Waals surface area contributed by atoms with Crippen LogP contribution in [0.4, 0.5) is 4.39 Å². The number of fused-ring (bicyclic) bond motifs is 1. The zero-order valence-corrected chi connectivity index (χ0v) is 11.2. The molecule has 20 heavy (non-hydrogen) atoms. The first-order valence-electron chi connectivity index (χ1n) is 6.57. The van der Waals surface area contributed by atoms with Crippen molar-refractivity contribution in [3.8, 4) is 11.1 Å². The summed E-state index contributed by atoms with van der Waals surface area (Å²) < 4.78 is 14.3. The quantitative estimate of drug-likeness (QED) is 0.780. The largest absolute Gasteiger partial charge is 0.316 e. The SMILES string of the molecule is CNCc1ccc(-c2cccc3ncccc23)c(F)c1. The Hall–Kier alpha value is -2.26. The van der Waals surface area contributed by atoms with E-state index in [0.29, 0.717) is 12.1 Å². The van der Waals surface area contributed by atoms with Gasteiger partial charge in [-0.2, -0.15) is 0 Å². The molecule has 0 saturated carbocycles. The first kappa shape index (κ1) is 12.8. The van der Waals surface area contributed by atoms with Gasteiger partial charge < -0.3 is 5.32 Å². The fraction of sp³-hybridized carbons (Fsp3) is 0.118. The van der Waals surface area contributed by atoms with Gasteiger partial charge in [0.15, 0.2) is 0 Å². The van der Waals surface area contributed by atoms with Crippen LogP contribution in [0.15, 0.2) is 54.7 Å². The standard InChI is InChI=1S/C17H15FN2/c1-19-11-12-7-8-14(16(18)10-12)13-4-2-6-17-15(13)5-3-9-20-17/h2-10,19H,11H2,1H3. The van der Waals surface area contributed by atoms with Crippen molar-refractivity contribution in [2.75, 3.05) is 7.05 Å². The van der Waals surface area contributed by atoms with Crippen LogP contribution in [-0.4, -0.2) is 12.0 Å². The van der Waals surface area contributed by atoms with Gasteiger partial charge in [0.2, 0.25) is 0 Å². The van der Waals surface area contributed by atoms with Crippen LogP contribution in [0.25, 0.3) is 22.0 Å². The van der Waals surface area contributed by atoms with Crippen molar-refractivity contribution >= 4 is 10.9 Å². The number of benzene rings is 2. The summed E-state index contributed by atoms with van der Waals surface area (Å²) in [6.45, 7) is 0.661. The highest BCUT2D eigenvalue weighted by Gasteiger charge is 2.09. The Morgan fingerprint density at radius 2 is 1.95 bits per heavy atom. The second kappa shape index (κ2) is 5.39. The number of nitrogens with one attached hydrogen (secondary N) is 1. The molecular formula is C17H15FN2. The van der Waals surface area contributed by atoms with Gasteiger partial charge in [-0.25, -0.2) is 4.39 Å². The summed E-state index contributed by atoms with van der Waals surface area (Å²) in [6, 6.07) is 15.0. The van der Waals surface area contributed by atoms with Crippen LogP contribution in [-0.2, 0) is 6.54 Å². The zero-order valence-electron chi connectivity index (χ0n) is 11.2. The van der Waals surface area contributed by atoms with Crippen molar-refractivity contribution in [3.63, 3.8) is 0 Å². The van der Waals surface area contributed by atoms with Crippen LogP contribution in [0.2, 0.25) is 0 Å². The lowest BCUT2D eigenvalue weighted by atomic mass is 9.99. The van der Waals surface area contributed by atoms with Gasteiger partial charge in [0.1, 0.15) is 5.82 Å². The maximum Gasteiger partial charge on any atom is 0.131 e. The van der Waals surface area contributed by atoms with E-state index in [-0.39, 0.29) is 5.82 Å². The number of hydrogen-bond acceptors (Lipinski definition) is 2. The number of aromatic nitrogens is 1. The summed E-state index contributed by atoms with van der Waals surface area (Å²) in [5.74, 6) is -0.200. The molecule has 0 bridgehead atoms. The monoisotopic (exact) mass is 266 g/mol. The maximum atomic E-state index is 14.3. The number of rotatable bonds is 3. The smallest absolute Gasteiger partial charge is 0.131 e. The van der Waals surface area contributed by atoms with Gasteiger partial charge in [0.25, 0.3) is 0 Å². The van der Waals surface area contributed by atoms with Crippen molar-refractivity contribution in [1.29, 1.82) is 0 Å². The molecule has 1 aromatic heterocycles. The molecule has 2 aromatic carbocycles. The molecule has 0 unspecified atom stereocenters. The average molecular weight is 266 g/mol. The average Bonchev–Trinajstić information content (AvgIpc) is 2.47. The highest BCUT2D eigenvalue weighted by atomic mass is 19.1. The molecule has 0 saturated heterocycles. The lowest BCUT2D eigenvalue weighted by Gasteiger charge is -2.09. The van der Waals surface area contributed by atoms with E-state index < -0.39 is 0 Å². The molecule has 3 heteroatoms. The van der Waals surface area contributed by atoms with Crippen LogP contribution in [0.3, 0.4) is 0 Å². The van der Waals surface area contributed by atoms with Crippen molar-refractivity contribution in [2.24, 2.45) is 0 Å². The molecule has 1 heterocycles. The van der Waals surface area contributed by atoms with Crippen LogP contribution >= 0.6 is 0 Å². The van der Waals surface area contributed by atoms with Gasteiger partial charge in [-0.1, -0.05) is 30.3 Å². The second-order valence-corrected chi connectivity index (χ2v) is 4.72. The molecule has 100 valence electrons.